The van der Waals surface area contributed by atoms with E-state index in [1.807, 2.05) is 0 Å². The number of phosphoric acid groups is 1. The lowest BCUT2D eigenvalue weighted by Crippen LogP contribution is -2.45. The summed E-state index contributed by atoms with van der Waals surface area (Å²) in [5.41, 5.74) is -0.0996. The normalized spacial score (nSPS) is 28.5. The van der Waals surface area contributed by atoms with Crippen LogP contribution in [-0.2, 0) is 13.8 Å². The van der Waals surface area contributed by atoms with Gasteiger partial charge >= 0.3 is 13.5 Å². The summed E-state index contributed by atoms with van der Waals surface area (Å²) >= 11 is 0. The molecule has 0 bridgehead atoms. The van der Waals surface area contributed by atoms with Gasteiger partial charge in [-0.05, 0) is 0 Å². The summed E-state index contributed by atoms with van der Waals surface area (Å²) in [5, 5.41) is 20.0. The predicted molar refractivity (Wildman–Crippen MR) is 70.8 cm³/mol. The van der Waals surface area contributed by atoms with Gasteiger partial charge in [-0.25, -0.2) is 9.13 Å². The van der Waals surface area contributed by atoms with Gasteiger partial charge in [0, 0.05) is 0 Å². The molecule has 2 aromatic heterocycles. The summed E-state index contributed by atoms with van der Waals surface area (Å²) in [6.45, 7) is -0.615. The number of nitrogens with one attached hydrogen (secondary N) is 2. The van der Waals surface area contributed by atoms with E-state index < -0.39 is 44.5 Å². The Hall–Kier alpha value is -1.66. The number of aromatic amines is 2. The number of aromatic nitrogens is 4. The fourth-order valence-corrected chi connectivity index (χ4v) is 2.71. The molecule has 4 atom stereocenters. The molecule has 2 aromatic rings. The molecule has 1 fully saturated rings. The monoisotopic (exact) mass is 349 g/mol. The van der Waals surface area contributed by atoms with Crippen molar-refractivity contribution in [3.63, 3.8) is 0 Å². The fourth-order valence-electron chi connectivity index (χ4n) is 2.37. The molecule has 1 aliphatic heterocycles. The molecular weight excluding hydrogens is 335 g/mol. The van der Waals surface area contributed by atoms with Gasteiger partial charge in [0.2, 0.25) is 11.7 Å². The number of phosphoric ester groups is 1. The molecule has 6 N–H and O–H groups in total. The van der Waals surface area contributed by atoms with E-state index in [-0.39, 0.29) is 11.2 Å². The molecule has 23 heavy (non-hydrogen) atoms. The number of fused-ring (bicyclic) bond motifs is 1. The van der Waals surface area contributed by atoms with Gasteiger partial charge in [0.15, 0.2) is 12.7 Å². The second-order valence-corrected chi connectivity index (χ2v) is 6.18. The van der Waals surface area contributed by atoms with Crippen molar-refractivity contribution in [3.05, 3.63) is 23.0 Å². The Balaban J connectivity index is 1.87. The standard InChI is InChI=1S/C10H13N4O8P/c15-6-4(1-21-23(18,19)20)22-10(7(6)16)14-3-13-5-8(14)11-2-12-9(5)17/h2-4,6-7,10,15-16H,1H2,(H3,11,12,17,18,19,20)/p+1. The van der Waals surface area contributed by atoms with Crippen LogP contribution in [0, 0.1) is 0 Å². The average Bonchev–Trinajstić information content (AvgIpc) is 3.01. The zero-order chi connectivity index (χ0) is 16.8. The molecule has 126 valence electrons. The van der Waals surface area contributed by atoms with Crippen LogP contribution in [0.1, 0.15) is 6.23 Å². The SMILES string of the molecule is O=c1[nH]cnc2c1[nH]c[n+]2C1OC(COP(=O)(O)O)C(O)C1O. The van der Waals surface area contributed by atoms with Crippen LogP contribution in [0.2, 0.25) is 0 Å². The first-order valence-electron chi connectivity index (χ1n) is 6.45. The van der Waals surface area contributed by atoms with Crippen molar-refractivity contribution in [2.24, 2.45) is 0 Å². The van der Waals surface area contributed by atoms with Crippen molar-refractivity contribution in [2.75, 3.05) is 6.61 Å². The molecule has 3 heterocycles. The van der Waals surface area contributed by atoms with E-state index in [4.69, 9.17) is 14.5 Å². The summed E-state index contributed by atoms with van der Waals surface area (Å²) in [4.78, 5) is 38.0. The van der Waals surface area contributed by atoms with Gasteiger partial charge in [-0.2, -0.15) is 0 Å². The first-order chi connectivity index (χ1) is 10.8. The van der Waals surface area contributed by atoms with E-state index in [1.54, 1.807) is 0 Å². The fraction of sp³-hybridized carbons (Fsp3) is 0.500. The highest BCUT2D eigenvalue weighted by Gasteiger charge is 2.47. The van der Waals surface area contributed by atoms with Gasteiger partial charge in [-0.3, -0.25) is 19.3 Å². The van der Waals surface area contributed by atoms with E-state index in [0.717, 1.165) is 0 Å². The molecule has 3 rings (SSSR count). The van der Waals surface area contributed by atoms with Crippen molar-refractivity contribution in [3.8, 4) is 0 Å². The van der Waals surface area contributed by atoms with E-state index in [9.17, 15) is 19.6 Å². The smallest absolute Gasteiger partial charge is 0.387 e. The molecule has 0 aliphatic carbocycles. The zero-order valence-corrected chi connectivity index (χ0v) is 12.3. The first-order valence-corrected chi connectivity index (χ1v) is 7.98. The quantitative estimate of drug-likeness (QED) is 0.252. The molecule has 1 saturated heterocycles. The third-order valence-corrected chi connectivity index (χ3v) is 3.93. The number of hydrogen-bond acceptors (Lipinski definition) is 7. The number of H-pyrrole nitrogens is 2. The average molecular weight is 349 g/mol. The maximum Gasteiger partial charge on any atom is 0.469 e. The highest BCUT2D eigenvalue weighted by molar-refractivity contribution is 7.46. The molecule has 1 aliphatic rings. The molecule has 0 amide bonds. The third kappa shape index (κ3) is 3.05. The van der Waals surface area contributed by atoms with Crippen molar-refractivity contribution in [1.29, 1.82) is 0 Å². The van der Waals surface area contributed by atoms with Crippen LogP contribution in [0.4, 0.5) is 0 Å². The van der Waals surface area contributed by atoms with Crippen molar-refractivity contribution in [2.45, 2.75) is 24.5 Å². The van der Waals surface area contributed by atoms with Crippen LogP contribution < -0.4 is 10.1 Å². The summed E-state index contributed by atoms with van der Waals surface area (Å²) in [6.07, 6.45) is -2.63. The van der Waals surface area contributed by atoms with Crippen LogP contribution in [0.5, 0.6) is 0 Å². The Bertz CT molecular complexity index is 815. The van der Waals surface area contributed by atoms with Crippen molar-refractivity contribution >= 4 is 19.0 Å². The van der Waals surface area contributed by atoms with Gasteiger partial charge in [-0.1, -0.05) is 4.98 Å². The Morgan fingerprint density at radius 1 is 1.35 bits per heavy atom. The lowest BCUT2D eigenvalue weighted by molar-refractivity contribution is -0.745. The molecule has 0 aromatic carbocycles. The maximum atomic E-state index is 11.6. The summed E-state index contributed by atoms with van der Waals surface area (Å²) in [7, 11) is -4.73. The summed E-state index contributed by atoms with van der Waals surface area (Å²) in [6, 6.07) is 0. The minimum atomic E-state index is -4.73. The Kier molecular flexibility index (Phi) is 4.06. The molecule has 0 saturated carbocycles. The number of ether oxygens (including phenoxy) is 1. The van der Waals surface area contributed by atoms with Crippen LogP contribution in [-0.4, -0.2) is 59.9 Å². The highest BCUT2D eigenvalue weighted by atomic mass is 31.2. The van der Waals surface area contributed by atoms with Crippen LogP contribution in [0.3, 0.4) is 0 Å². The van der Waals surface area contributed by atoms with Crippen LogP contribution >= 0.6 is 7.82 Å². The van der Waals surface area contributed by atoms with Crippen LogP contribution in [0.15, 0.2) is 17.4 Å². The predicted octanol–water partition coefficient (Wildman–Crippen LogP) is -2.73. The first kappa shape index (κ1) is 16.2. The van der Waals surface area contributed by atoms with Crippen LogP contribution in [0.25, 0.3) is 11.2 Å². The van der Waals surface area contributed by atoms with E-state index in [0.29, 0.717) is 0 Å². The lowest BCUT2D eigenvalue weighted by atomic mass is 10.1. The third-order valence-electron chi connectivity index (χ3n) is 3.44. The van der Waals surface area contributed by atoms with Gasteiger partial charge in [-0.15, -0.1) is 0 Å². The van der Waals surface area contributed by atoms with Gasteiger partial charge in [0.25, 0.3) is 5.56 Å². The van der Waals surface area contributed by atoms with E-state index in [1.165, 1.54) is 17.2 Å². The number of aliphatic hydroxyl groups excluding tert-OH is 2. The lowest BCUT2D eigenvalue weighted by Gasteiger charge is -2.14. The zero-order valence-electron chi connectivity index (χ0n) is 11.4. The molecule has 0 radical (unpaired) electrons. The number of nitrogens with zero attached hydrogens (tertiary/aromatic N) is 2. The molecular formula is C10H14N4O8P+. The molecule has 13 heteroatoms. The minimum Gasteiger partial charge on any atom is -0.387 e. The van der Waals surface area contributed by atoms with Gasteiger partial charge in [0.1, 0.15) is 18.3 Å². The Labute approximate surface area is 127 Å². The highest BCUT2D eigenvalue weighted by Crippen LogP contribution is 2.37. The number of rotatable bonds is 4. The Morgan fingerprint density at radius 2 is 2.09 bits per heavy atom. The minimum absolute atomic E-state index is 0.146. The number of hydrogen-bond donors (Lipinski definition) is 6. The van der Waals surface area contributed by atoms with E-state index >= 15 is 0 Å². The topological polar surface area (TPSA) is 182 Å². The van der Waals surface area contributed by atoms with Gasteiger partial charge < -0.3 is 24.7 Å². The van der Waals surface area contributed by atoms with E-state index in [2.05, 4.69) is 19.5 Å². The largest absolute Gasteiger partial charge is 0.469 e. The summed E-state index contributed by atoms with van der Waals surface area (Å²) < 4.78 is 21.7. The Morgan fingerprint density at radius 3 is 2.78 bits per heavy atom. The second kappa shape index (κ2) is 5.76. The molecule has 12 nitrogen and oxygen atoms in total. The van der Waals surface area contributed by atoms with Gasteiger partial charge in [0.05, 0.1) is 6.61 Å². The molecule has 4 unspecified atom stereocenters. The van der Waals surface area contributed by atoms with Crippen molar-refractivity contribution < 1.29 is 38.4 Å². The number of imidazole rings is 1. The van der Waals surface area contributed by atoms with Crippen molar-refractivity contribution in [1.82, 2.24) is 15.0 Å². The maximum absolute atomic E-state index is 11.6. The molecule has 0 spiro atoms. The second-order valence-electron chi connectivity index (χ2n) is 4.94. The summed E-state index contributed by atoms with van der Waals surface area (Å²) in [5.74, 6) is 0. The number of aliphatic hydroxyl groups is 2.